The van der Waals surface area contributed by atoms with Crippen LogP contribution in [0.2, 0.25) is 0 Å². The number of nitrogens with zero attached hydrogens (tertiary/aromatic N) is 4. The van der Waals surface area contributed by atoms with Crippen molar-refractivity contribution in [2.75, 3.05) is 18.0 Å². The van der Waals surface area contributed by atoms with Gasteiger partial charge >= 0.3 is 0 Å². The predicted octanol–water partition coefficient (Wildman–Crippen LogP) is 2.60. The zero-order valence-electron chi connectivity index (χ0n) is 10.5. The van der Waals surface area contributed by atoms with Crippen LogP contribution >= 0.6 is 0 Å². The molecule has 0 spiro atoms. The third-order valence-corrected chi connectivity index (χ3v) is 3.27. The first-order chi connectivity index (χ1) is 9.38. The minimum absolute atomic E-state index is 0.362. The summed E-state index contributed by atoms with van der Waals surface area (Å²) in [5.41, 5.74) is 1.16. The SMILES string of the molecule is N#Cc1nc(-c2cccnc2)oc1N1CCCCC1. The van der Waals surface area contributed by atoms with E-state index in [1.54, 1.807) is 12.4 Å². The number of hydrogen-bond donors (Lipinski definition) is 0. The van der Waals surface area contributed by atoms with Gasteiger partial charge in [0.1, 0.15) is 6.07 Å². The van der Waals surface area contributed by atoms with Crippen LogP contribution in [0.1, 0.15) is 25.0 Å². The lowest BCUT2D eigenvalue weighted by Crippen LogP contribution is -2.29. The van der Waals surface area contributed by atoms with Gasteiger partial charge in [0.2, 0.25) is 17.5 Å². The summed E-state index contributed by atoms with van der Waals surface area (Å²) < 4.78 is 5.78. The van der Waals surface area contributed by atoms with Gasteiger partial charge in [-0.1, -0.05) is 0 Å². The highest BCUT2D eigenvalue weighted by atomic mass is 16.4. The first kappa shape index (κ1) is 11.7. The van der Waals surface area contributed by atoms with Gasteiger partial charge in [-0.3, -0.25) is 4.98 Å². The summed E-state index contributed by atoms with van der Waals surface area (Å²) in [6.45, 7) is 1.85. The molecule has 0 aromatic carbocycles. The lowest BCUT2D eigenvalue weighted by atomic mass is 10.1. The van der Waals surface area contributed by atoms with E-state index >= 15 is 0 Å². The Morgan fingerprint density at radius 1 is 1.26 bits per heavy atom. The molecular weight excluding hydrogens is 240 g/mol. The van der Waals surface area contributed by atoms with E-state index in [9.17, 15) is 5.26 Å². The Kier molecular flexibility index (Phi) is 3.15. The van der Waals surface area contributed by atoms with E-state index in [1.165, 1.54) is 6.42 Å². The van der Waals surface area contributed by atoms with Crippen LogP contribution in [0.3, 0.4) is 0 Å². The number of rotatable bonds is 2. The second-order valence-electron chi connectivity index (χ2n) is 4.57. The van der Waals surface area contributed by atoms with Gasteiger partial charge < -0.3 is 9.32 Å². The number of nitriles is 1. The topological polar surface area (TPSA) is 66.0 Å². The van der Waals surface area contributed by atoms with Crippen LogP contribution in [0.4, 0.5) is 5.88 Å². The van der Waals surface area contributed by atoms with Crippen LogP contribution in [-0.4, -0.2) is 23.1 Å². The largest absolute Gasteiger partial charge is 0.419 e. The number of piperidine rings is 1. The molecule has 0 amide bonds. The molecule has 0 saturated carbocycles. The summed E-state index contributed by atoms with van der Waals surface area (Å²) in [6, 6.07) is 5.82. The molecule has 5 heteroatoms. The highest BCUT2D eigenvalue weighted by Gasteiger charge is 2.21. The van der Waals surface area contributed by atoms with Gasteiger partial charge in [0.25, 0.3) is 0 Å². The van der Waals surface area contributed by atoms with E-state index in [0.717, 1.165) is 31.5 Å². The molecule has 0 atom stereocenters. The molecule has 0 radical (unpaired) electrons. The Hall–Kier alpha value is -2.35. The van der Waals surface area contributed by atoms with Crippen molar-refractivity contribution in [1.29, 1.82) is 5.26 Å². The van der Waals surface area contributed by atoms with E-state index in [2.05, 4.69) is 20.9 Å². The van der Waals surface area contributed by atoms with Gasteiger partial charge in [-0.25, -0.2) is 0 Å². The van der Waals surface area contributed by atoms with Crippen molar-refractivity contribution in [3.63, 3.8) is 0 Å². The summed E-state index contributed by atoms with van der Waals surface area (Å²) in [7, 11) is 0. The van der Waals surface area contributed by atoms with Crippen LogP contribution in [0, 0.1) is 11.3 Å². The molecule has 0 N–H and O–H groups in total. The molecule has 0 unspecified atom stereocenters. The Morgan fingerprint density at radius 2 is 2.11 bits per heavy atom. The number of hydrogen-bond acceptors (Lipinski definition) is 5. The maximum atomic E-state index is 9.19. The molecule has 0 aliphatic carbocycles. The molecule has 1 aliphatic heterocycles. The summed E-state index contributed by atoms with van der Waals surface area (Å²) in [5, 5.41) is 9.19. The minimum atomic E-state index is 0.362. The first-order valence-corrected chi connectivity index (χ1v) is 6.45. The van der Waals surface area contributed by atoms with E-state index in [0.29, 0.717) is 17.5 Å². The standard InChI is InChI=1S/C14H14N4O/c15-9-12-14(18-7-2-1-3-8-18)19-13(17-12)11-5-4-6-16-10-11/h4-6,10H,1-3,7-8H2. The minimum Gasteiger partial charge on any atom is -0.419 e. The number of aromatic nitrogens is 2. The molecule has 0 bridgehead atoms. The van der Waals surface area contributed by atoms with Crippen molar-refractivity contribution in [3.05, 3.63) is 30.2 Å². The molecule has 3 rings (SSSR count). The molecule has 1 fully saturated rings. The van der Waals surface area contributed by atoms with Gasteiger partial charge in [0.05, 0.1) is 5.56 Å². The zero-order chi connectivity index (χ0) is 13.1. The van der Waals surface area contributed by atoms with Gasteiger partial charge in [-0.2, -0.15) is 10.2 Å². The second kappa shape index (κ2) is 5.11. The average molecular weight is 254 g/mol. The van der Waals surface area contributed by atoms with Gasteiger partial charge in [-0.05, 0) is 31.4 Å². The summed E-state index contributed by atoms with van der Waals surface area (Å²) in [4.78, 5) is 10.4. The third kappa shape index (κ3) is 2.29. The average Bonchev–Trinajstić information content (AvgIpc) is 2.93. The van der Waals surface area contributed by atoms with Crippen LogP contribution < -0.4 is 4.90 Å². The fourth-order valence-electron chi connectivity index (χ4n) is 2.31. The fraction of sp³-hybridized carbons (Fsp3) is 0.357. The van der Waals surface area contributed by atoms with Crippen LogP contribution in [0.15, 0.2) is 28.9 Å². The summed E-state index contributed by atoms with van der Waals surface area (Å²) >= 11 is 0. The number of anilines is 1. The molecule has 2 aromatic rings. The van der Waals surface area contributed by atoms with Crippen LogP contribution in [0.25, 0.3) is 11.5 Å². The smallest absolute Gasteiger partial charge is 0.235 e. The molecule has 2 aromatic heterocycles. The van der Waals surface area contributed by atoms with E-state index in [-0.39, 0.29) is 0 Å². The van der Waals surface area contributed by atoms with Crippen molar-refractivity contribution >= 4 is 5.88 Å². The van der Waals surface area contributed by atoms with Crippen molar-refractivity contribution in [2.24, 2.45) is 0 Å². The second-order valence-corrected chi connectivity index (χ2v) is 4.57. The molecule has 3 heterocycles. The van der Waals surface area contributed by atoms with Crippen molar-refractivity contribution < 1.29 is 4.42 Å². The van der Waals surface area contributed by atoms with E-state index < -0.39 is 0 Å². The highest BCUT2D eigenvalue weighted by molar-refractivity contribution is 5.58. The number of oxazole rings is 1. The Morgan fingerprint density at radius 3 is 2.79 bits per heavy atom. The Bertz CT molecular complexity index is 594. The van der Waals surface area contributed by atoms with E-state index in [4.69, 9.17) is 4.42 Å². The number of pyridine rings is 1. The Labute approximate surface area is 111 Å². The quantitative estimate of drug-likeness (QED) is 0.824. The maximum absolute atomic E-state index is 9.19. The lowest BCUT2D eigenvalue weighted by molar-refractivity contribution is 0.504. The molecule has 1 aliphatic rings. The Balaban J connectivity index is 1.97. The molecular formula is C14H14N4O. The maximum Gasteiger partial charge on any atom is 0.235 e. The molecule has 19 heavy (non-hydrogen) atoms. The van der Waals surface area contributed by atoms with Crippen LogP contribution in [0.5, 0.6) is 0 Å². The van der Waals surface area contributed by atoms with Gasteiger partial charge in [-0.15, -0.1) is 0 Å². The monoisotopic (exact) mass is 254 g/mol. The van der Waals surface area contributed by atoms with Gasteiger partial charge in [0.15, 0.2) is 0 Å². The van der Waals surface area contributed by atoms with Crippen molar-refractivity contribution in [1.82, 2.24) is 9.97 Å². The van der Waals surface area contributed by atoms with Crippen LogP contribution in [-0.2, 0) is 0 Å². The molecule has 1 saturated heterocycles. The zero-order valence-corrected chi connectivity index (χ0v) is 10.5. The van der Waals surface area contributed by atoms with E-state index in [1.807, 2.05) is 12.1 Å². The molecule has 96 valence electrons. The van der Waals surface area contributed by atoms with Crippen molar-refractivity contribution in [2.45, 2.75) is 19.3 Å². The first-order valence-electron chi connectivity index (χ1n) is 6.45. The van der Waals surface area contributed by atoms with Gasteiger partial charge in [0, 0.05) is 25.5 Å². The summed E-state index contributed by atoms with van der Waals surface area (Å²) in [5.74, 6) is 1.06. The summed E-state index contributed by atoms with van der Waals surface area (Å²) in [6.07, 6.45) is 6.89. The predicted molar refractivity (Wildman–Crippen MR) is 70.5 cm³/mol. The highest BCUT2D eigenvalue weighted by Crippen LogP contribution is 2.29. The normalized spacial score (nSPS) is 15.2. The molecule has 5 nitrogen and oxygen atoms in total. The lowest BCUT2D eigenvalue weighted by Gasteiger charge is -2.25. The fourth-order valence-corrected chi connectivity index (χ4v) is 2.31. The third-order valence-electron chi connectivity index (χ3n) is 3.27. The van der Waals surface area contributed by atoms with Crippen molar-refractivity contribution in [3.8, 4) is 17.5 Å².